The lowest BCUT2D eigenvalue weighted by molar-refractivity contribution is -0.136. The van der Waals surface area contributed by atoms with Gasteiger partial charge in [-0.3, -0.25) is 4.79 Å². The predicted octanol–water partition coefficient (Wildman–Crippen LogP) is 2.69. The summed E-state index contributed by atoms with van der Waals surface area (Å²) in [6.07, 6.45) is 12.3. The van der Waals surface area contributed by atoms with E-state index < -0.39 is 0 Å². The van der Waals surface area contributed by atoms with Crippen LogP contribution in [0.15, 0.2) is 0 Å². The van der Waals surface area contributed by atoms with E-state index in [1.165, 1.54) is 38.5 Å². The Kier molecular flexibility index (Phi) is 3.84. The van der Waals surface area contributed by atoms with Gasteiger partial charge in [-0.25, -0.2) is 0 Å². The van der Waals surface area contributed by atoms with E-state index in [4.69, 9.17) is 5.73 Å². The third kappa shape index (κ3) is 2.81. The quantitative estimate of drug-likeness (QED) is 0.791. The Labute approximate surface area is 116 Å². The number of carbonyl (C=O) groups is 1. The zero-order valence-electron chi connectivity index (χ0n) is 12.1. The van der Waals surface area contributed by atoms with E-state index in [2.05, 4.69) is 4.90 Å². The van der Waals surface area contributed by atoms with Crippen molar-refractivity contribution < 1.29 is 4.79 Å². The van der Waals surface area contributed by atoms with Crippen LogP contribution in [0, 0.1) is 11.3 Å². The summed E-state index contributed by atoms with van der Waals surface area (Å²) in [6.45, 7) is 2.04. The van der Waals surface area contributed by atoms with Crippen LogP contribution in [0.25, 0.3) is 0 Å². The molecule has 1 saturated heterocycles. The monoisotopic (exact) mass is 264 g/mol. The Morgan fingerprint density at radius 3 is 2.58 bits per heavy atom. The number of hydrogen-bond acceptors (Lipinski definition) is 2. The Hall–Kier alpha value is -0.570. The third-order valence-corrected chi connectivity index (χ3v) is 5.73. The highest BCUT2D eigenvalue weighted by Gasteiger charge is 2.42. The van der Waals surface area contributed by atoms with Crippen molar-refractivity contribution in [2.45, 2.75) is 70.3 Å². The van der Waals surface area contributed by atoms with Gasteiger partial charge in [0, 0.05) is 25.0 Å². The molecule has 3 fully saturated rings. The fourth-order valence-corrected chi connectivity index (χ4v) is 4.54. The van der Waals surface area contributed by atoms with Crippen LogP contribution in [-0.4, -0.2) is 29.9 Å². The van der Waals surface area contributed by atoms with Crippen LogP contribution in [0.5, 0.6) is 0 Å². The van der Waals surface area contributed by atoms with Crippen molar-refractivity contribution in [3.63, 3.8) is 0 Å². The molecule has 1 heterocycles. The Morgan fingerprint density at radius 2 is 1.84 bits per heavy atom. The van der Waals surface area contributed by atoms with Gasteiger partial charge in [-0.2, -0.15) is 0 Å². The Bertz CT molecular complexity index is 336. The van der Waals surface area contributed by atoms with Gasteiger partial charge in [0.2, 0.25) is 5.91 Å². The first kappa shape index (κ1) is 13.4. The molecule has 3 heteroatoms. The summed E-state index contributed by atoms with van der Waals surface area (Å²) < 4.78 is 0. The van der Waals surface area contributed by atoms with E-state index in [-0.39, 0.29) is 12.0 Å². The highest BCUT2D eigenvalue weighted by Crippen LogP contribution is 2.44. The number of nitrogens with zero attached hydrogens (tertiary/aromatic N) is 1. The maximum absolute atomic E-state index is 12.6. The summed E-state index contributed by atoms with van der Waals surface area (Å²) in [4.78, 5) is 14.8. The first-order chi connectivity index (χ1) is 9.19. The van der Waals surface area contributed by atoms with Gasteiger partial charge in [0.1, 0.15) is 0 Å². The molecule has 0 radical (unpaired) electrons. The van der Waals surface area contributed by atoms with Gasteiger partial charge >= 0.3 is 0 Å². The van der Waals surface area contributed by atoms with Crippen molar-refractivity contribution >= 4 is 5.91 Å². The molecule has 0 aromatic rings. The number of amides is 1. The molecule has 3 nitrogen and oxygen atoms in total. The number of hydrogen-bond donors (Lipinski definition) is 1. The Morgan fingerprint density at radius 1 is 1.05 bits per heavy atom. The standard InChI is InChI=1S/C16H28N2O/c17-14-6-4-5-13(11-14)15(19)18-10-9-16(12-18)7-2-1-3-8-16/h13-14H,1-12,17H2. The smallest absolute Gasteiger partial charge is 0.225 e. The number of carbonyl (C=O) groups excluding carboxylic acids is 1. The molecule has 0 bridgehead atoms. The fourth-order valence-electron chi connectivity index (χ4n) is 4.54. The molecule has 2 aliphatic carbocycles. The topological polar surface area (TPSA) is 46.3 Å². The van der Waals surface area contributed by atoms with Gasteiger partial charge in [0.25, 0.3) is 0 Å². The summed E-state index contributed by atoms with van der Waals surface area (Å²) in [5.74, 6) is 0.639. The van der Waals surface area contributed by atoms with Gasteiger partial charge in [-0.1, -0.05) is 25.7 Å². The second-order valence-corrected chi connectivity index (χ2v) is 7.19. The SMILES string of the molecule is NC1CCCC(C(=O)N2CCC3(CCCCC3)C2)C1. The maximum atomic E-state index is 12.6. The Balaban J connectivity index is 1.59. The van der Waals surface area contributed by atoms with Crippen LogP contribution < -0.4 is 5.73 Å². The average Bonchev–Trinajstić information content (AvgIpc) is 2.82. The molecule has 1 aliphatic heterocycles. The molecule has 2 atom stereocenters. The molecular weight excluding hydrogens is 236 g/mol. The fraction of sp³-hybridized carbons (Fsp3) is 0.938. The summed E-state index contributed by atoms with van der Waals surface area (Å²) >= 11 is 0. The summed E-state index contributed by atoms with van der Waals surface area (Å²) in [5, 5.41) is 0. The largest absolute Gasteiger partial charge is 0.342 e. The summed E-state index contributed by atoms with van der Waals surface area (Å²) in [6, 6.07) is 0.258. The van der Waals surface area contributed by atoms with Gasteiger partial charge < -0.3 is 10.6 Å². The number of rotatable bonds is 1. The molecule has 0 aromatic carbocycles. The zero-order valence-corrected chi connectivity index (χ0v) is 12.1. The average molecular weight is 264 g/mol. The van der Waals surface area contributed by atoms with E-state index in [9.17, 15) is 4.79 Å². The van der Waals surface area contributed by atoms with E-state index in [0.717, 1.165) is 38.8 Å². The predicted molar refractivity (Wildman–Crippen MR) is 76.6 cm³/mol. The molecule has 2 unspecified atom stereocenters. The summed E-state index contributed by atoms with van der Waals surface area (Å²) in [5.41, 5.74) is 6.52. The van der Waals surface area contributed by atoms with Crippen LogP contribution in [0.4, 0.5) is 0 Å². The van der Waals surface area contributed by atoms with Crippen molar-refractivity contribution in [3.05, 3.63) is 0 Å². The molecule has 3 aliphatic rings. The summed E-state index contributed by atoms with van der Waals surface area (Å²) in [7, 11) is 0. The van der Waals surface area contributed by atoms with Crippen molar-refractivity contribution in [3.8, 4) is 0 Å². The first-order valence-corrected chi connectivity index (χ1v) is 8.23. The molecule has 2 N–H and O–H groups in total. The van der Waals surface area contributed by atoms with Crippen LogP contribution >= 0.6 is 0 Å². The van der Waals surface area contributed by atoms with E-state index in [1.807, 2.05) is 0 Å². The molecule has 1 spiro atoms. The first-order valence-electron chi connectivity index (χ1n) is 8.23. The molecule has 1 amide bonds. The van der Waals surface area contributed by atoms with Gasteiger partial charge in [0.15, 0.2) is 0 Å². The highest BCUT2D eigenvalue weighted by atomic mass is 16.2. The van der Waals surface area contributed by atoms with Crippen molar-refractivity contribution in [1.82, 2.24) is 4.90 Å². The van der Waals surface area contributed by atoms with Crippen LogP contribution in [0.1, 0.15) is 64.2 Å². The maximum Gasteiger partial charge on any atom is 0.225 e. The third-order valence-electron chi connectivity index (χ3n) is 5.73. The lowest BCUT2D eigenvalue weighted by Crippen LogP contribution is -2.40. The second-order valence-electron chi connectivity index (χ2n) is 7.19. The van der Waals surface area contributed by atoms with Gasteiger partial charge in [-0.15, -0.1) is 0 Å². The second kappa shape index (κ2) is 5.43. The lowest BCUT2D eigenvalue weighted by Gasteiger charge is -2.34. The normalized spacial score (nSPS) is 34.7. The molecule has 2 saturated carbocycles. The van der Waals surface area contributed by atoms with Crippen LogP contribution in [0.3, 0.4) is 0 Å². The zero-order chi connectivity index (χ0) is 13.3. The number of nitrogens with two attached hydrogens (primary N) is 1. The molecule has 108 valence electrons. The van der Waals surface area contributed by atoms with Crippen molar-refractivity contribution in [2.24, 2.45) is 17.1 Å². The minimum absolute atomic E-state index is 0.225. The minimum atomic E-state index is 0.225. The van der Waals surface area contributed by atoms with Crippen molar-refractivity contribution in [2.75, 3.05) is 13.1 Å². The highest BCUT2D eigenvalue weighted by molar-refractivity contribution is 5.79. The molecule has 0 aromatic heterocycles. The molecule has 19 heavy (non-hydrogen) atoms. The molecule has 3 rings (SSSR count). The number of likely N-dealkylation sites (tertiary alicyclic amines) is 1. The minimum Gasteiger partial charge on any atom is -0.342 e. The van der Waals surface area contributed by atoms with E-state index in [0.29, 0.717) is 11.3 Å². The van der Waals surface area contributed by atoms with Crippen LogP contribution in [-0.2, 0) is 4.79 Å². The lowest BCUT2D eigenvalue weighted by atomic mass is 9.73. The van der Waals surface area contributed by atoms with E-state index >= 15 is 0 Å². The molecular formula is C16H28N2O. The van der Waals surface area contributed by atoms with E-state index in [1.54, 1.807) is 0 Å². The van der Waals surface area contributed by atoms with Crippen molar-refractivity contribution in [1.29, 1.82) is 0 Å². The van der Waals surface area contributed by atoms with Gasteiger partial charge in [-0.05, 0) is 43.9 Å². The van der Waals surface area contributed by atoms with Gasteiger partial charge in [0.05, 0.1) is 0 Å². The van der Waals surface area contributed by atoms with Crippen LogP contribution in [0.2, 0.25) is 0 Å².